The molecule has 1 unspecified atom stereocenters. The summed E-state index contributed by atoms with van der Waals surface area (Å²) in [5, 5.41) is 0. The van der Waals surface area contributed by atoms with E-state index in [4.69, 9.17) is 18.5 Å². The van der Waals surface area contributed by atoms with E-state index in [-0.39, 0.29) is 26.1 Å². The first-order valence-corrected chi connectivity index (χ1v) is 23.5. The summed E-state index contributed by atoms with van der Waals surface area (Å²) in [5.74, 6) is -0.893. The lowest BCUT2D eigenvalue weighted by Crippen LogP contribution is -2.37. The summed E-state index contributed by atoms with van der Waals surface area (Å²) in [6.07, 6.45) is 51.7. The van der Waals surface area contributed by atoms with E-state index < -0.39 is 32.5 Å². The molecule has 1 N–H and O–H groups in total. The predicted octanol–water partition coefficient (Wildman–Crippen LogP) is 12.6. The van der Waals surface area contributed by atoms with E-state index >= 15 is 0 Å². The Morgan fingerprint density at radius 3 is 1.47 bits per heavy atom. The van der Waals surface area contributed by atoms with Crippen molar-refractivity contribution in [2.45, 2.75) is 148 Å². The zero-order chi connectivity index (χ0) is 42.8. The standard InChI is InChI=1S/C48H80NO8P/c1-6-8-10-12-14-16-18-20-22-23-24-25-27-28-30-32-34-36-38-40-47(50)54-44-46(45-56-58(52,53)55-43-42-49(3,4)5)57-48(51)41-39-37-35-33-31-29-26-21-19-17-15-13-11-9-7-2/h8,10,14-17,20-22,24-26,28,30-31,33,46H,6-7,9,11-13,18-19,23,27,29,32,34-45H2,1-5H3/p+1/b10-8-,16-14-,17-15-,22-20-,25-24-,26-21-,30-28-,33-31-/t46-/m1/s1. The predicted molar refractivity (Wildman–Crippen MR) is 242 cm³/mol. The first-order chi connectivity index (χ1) is 28.0. The molecule has 0 saturated carbocycles. The Morgan fingerprint density at radius 2 is 0.983 bits per heavy atom. The van der Waals surface area contributed by atoms with Gasteiger partial charge in [-0.05, 0) is 96.3 Å². The number of hydrogen-bond acceptors (Lipinski definition) is 7. The number of phosphoric ester groups is 1. The molecule has 9 nitrogen and oxygen atoms in total. The molecule has 0 radical (unpaired) electrons. The van der Waals surface area contributed by atoms with E-state index in [1.54, 1.807) is 0 Å². The molecule has 58 heavy (non-hydrogen) atoms. The van der Waals surface area contributed by atoms with Gasteiger partial charge < -0.3 is 18.9 Å². The molecular formula is C48H81NO8P+. The largest absolute Gasteiger partial charge is 0.472 e. The SMILES string of the molecule is CC/C=C\C/C=C\C/C=C\C/C=C\C/C=C\CCCCCC(=O)OC[C@H](COP(=O)(O)OCC[N+](C)(C)C)OC(=O)CCCC/C=C\C/C=C\C/C=C\CCCCC. The molecule has 0 amide bonds. The highest BCUT2D eigenvalue weighted by atomic mass is 31.2. The molecule has 0 fully saturated rings. The maximum atomic E-state index is 12.7. The van der Waals surface area contributed by atoms with Gasteiger partial charge in [0.1, 0.15) is 19.8 Å². The van der Waals surface area contributed by atoms with Crippen LogP contribution in [0.15, 0.2) is 97.2 Å². The second-order valence-electron chi connectivity index (χ2n) is 15.3. The first-order valence-electron chi connectivity index (χ1n) is 22.0. The van der Waals surface area contributed by atoms with Gasteiger partial charge in [-0.2, -0.15) is 0 Å². The van der Waals surface area contributed by atoms with Crippen molar-refractivity contribution >= 4 is 19.8 Å². The fourth-order valence-corrected chi connectivity index (χ4v) is 5.90. The van der Waals surface area contributed by atoms with E-state index in [1.807, 2.05) is 21.1 Å². The topological polar surface area (TPSA) is 108 Å². The van der Waals surface area contributed by atoms with E-state index in [1.165, 1.54) is 19.3 Å². The van der Waals surface area contributed by atoms with Crippen LogP contribution in [-0.2, 0) is 32.7 Å². The van der Waals surface area contributed by atoms with Crippen LogP contribution in [0, 0.1) is 0 Å². The smallest absolute Gasteiger partial charge is 0.462 e. The summed E-state index contributed by atoms with van der Waals surface area (Å²) in [6, 6.07) is 0. The number of esters is 2. The molecule has 0 spiro atoms. The first kappa shape index (κ1) is 54.9. The van der Waals surface area contributed by atoms with E-state index in [9.17, 15) is 19.0 Å². The summed E-state index contributed by atoms with van der Waals surface area (Å²) in [7, 11) is 1.41. The van der Waals surface area contributed by atoms with Gasteiger partial charge in [0, 0.05) is 12.8 Å². The van der Waals surface area contributed by atoms with E-state index in [2.05, 4.69) is 111 Å². The number of nitrogens with zero attached hydrogens (tertiary/aromatic N) is 1. The number of likely N-dealkylation sites (N-methyl/N-ethyl adjacent to an activating group) is 1. The third kappa shape index (κ3) is 42.5. The minimum Gasteiger partial charge on any atom is -0.462 e. The molecule has 0 aromatic rings. The Labute approximate surface area is 353 Å². The summed E-state index contributed by atoms with van der Waals surface area (Å²) in [6.45, 7) is 4.16. The Bertz CT molecular complexity index is 1300. The lowest BCUT2D eigenvalue weighted by molar-refractivity contribution is -0.870. The zero-order valence-electron chi connectivity index (χ0n) is 37.0. The van der Waals surface area contributed by atoms with Crippen LogP contribution in [0.3, 0.4) is 0 Å². The molecule has 0 aromatic carbocycles. The van der Waals surface area contributed by atoms with Crippen LogP contribution in [0.2, 0.25) is 0 Å². The van der Waals surface area contributed by atoms with Crippen LogP contribution in [0.4, 0.5) is 0 Å². The molecule has 0 aliphatic rings. The number of quaternary nitrogens is 1. The number of allylic oxidation sites excluding steroid dienone is 16. The van der Waals surface area contributed by atoms with Gasteiger partial charge in [-0.25, -0.2) is 4.57 Å². The fraction of sp³-hybridized carbons (Fsp3) is 0.625. The lowest BCUT2D eigenvalue weighted by Gasteiger charge is -2.24. The maximum absolute atomic E-state index is 12.7. The molecule has 10 heteroatoms. The Morgan fingerprint density at radius 1 is 0.552 bits per heavy atom. The van der Waals surface area contributed by atoms with Crippen molar-refractivity contribution in [1.29, 1.82) is 0 Å². The van der Waals surface area contributed by atoms with Crippen LogP contribution in [0.25, 0.3) is 0 Å². The van der Waals surface area contributed by atoms with Crippen LogP contribution in [0.1, 0.15) is 142 Å². The van der Waals surface area contributed by atoms with Crippen molar-refractivity contribution in [2.75, 3.05) is 47.5 Å². The lowest BCUT2D eigenvalue weighted by atomic mass is 10.1. The Kier molecular flexibility index (Phi) is 37.3. The molecule has 330 valence electrons. The Hall–Kier alpha value is -3.07. The van der Waals surface area contributed by atoms with E-state index in [0.717, 1.165) is 83.5 Å². The van der Waals surface area contributed by atoms with Gasteiger partial charge in [0.25, 0.3) is 0 Å². The van der Waals surface area contributed by atoms with Gasteiger partial charge in [0.05, 0.1) is 27.7 Å². The third-order valence-corrected chi connectivity index (χ3v) is 9.58. The quantitative estimate of drug-likeness (QED) is 0.0215. The maximum Gasteiger partial charge on any atom is 0.472 e. The van der Waals surface area contributed by atoms with Crippen molar-refractivity contribution in [2.24, 2.45) is 0 Å². The van der Waals surface area contributed by atoms with Gasteiger partial charge in [-0.3, -0.25) is 18.6 Å². The number of phosphoric acid groups is 1. The number of carbonyl (C=O) groups excluding carboxylic acids is 2. The van der Waals surface area contributed by atoms with Crippen molar-refractivity contribution < 1.29 is 42.1 Å². The average Bonchev–Trinajstić information content (AvgIpc) is 3.17. The molecule has 0 bridgehead atoms. The molecule has 0 aliphatic carbocycles. The van der Waals surface area contributed by atoms with Gasteiger partial charge in [-0.1, -0.05) is 130 Å². The van der Waals surface area contributed by atoms with E-state index in [0.29, 0.717) is 23.9 Å². The summed E-state index contributed by atoms with van der Waals surface area (Å²) in [5.41, 5.74) is 0. The molecule has 0 saturated heterocycles. The number of unbranched alkanes of at least 4 members (excludes halogenated alkanes) is 8. The average molecular weight is 831 g/mol. The Balaban J connectivity index is 4.51. The van der Waals surface area contributed by atoms with Crippen LogP contribution < -0.4 is 0 Å². The number of ether oxygens (including phenoxy) is 2. The zero-order valence-corrected chi connectivity index (χ0v) is 37.9. The normalized spacial score (nSPS) is 14.5. The second kappa shape index (κ2) is 39.4. The number of carbonyl (C=O) groups is 2. The molecule has 0 aliphatic heterocycles. The summed E-state index contributed by atoms with van der Waals surface area (Å²) in [4.78, 5) is 35.3. The van der Waals surface area contributed by atoms with Crippen LogP contribution in [0.5, 0.6) is 0 Å². The van der Waals surface area contributed by atoms with Crippen molar-refractivity contribution in [3.8, 4) is 0 Å². The molecule has 0 aromatic heterocycles. The molecule has 2 atom stereocenters. The molecular weight excluding hydrogens is 750 g/mol. The van der Waals surface area contributed by atoms with Gasteiger partial charge in [0.2, 0.25) is 0 Å². The second-order valence-corrected chi connectivity index (χ2v) is 16.8. The van der Waals surface area contributed by atoms with Gasteiger partial charge in [0.15, 0.2) is 6.10 Å². The highest BCUT2D eigenvalue weighted by Crippen LogP contribution is 2.43. The summed E-state index contributed by atoms with van der Waals surface area (Å²) >= 11 is 0. The fourth-order valence-electron chi connectivity index (χ4n) is 5.16. The highest BCUT2D eigenvalue weighted by molar-refractivity contribution is 7.47. The number of rotatable bonds is 38. The molecule has 0 rings (SSSR count). The minimum absolute atomic E-state index is 0.0130. The van der Waals surface area contributed by atoms with Crippen molar-refractivity contribution in [1.82, 2.24) is 0 Å². The highest BCUT2D eigenvalue weighted by Gasteiger charge is 2.27. The van der Waals surface area contributed by atoms with Crippen LogP contribution >= 0.6 is 7.82 Å². The van der Waals surface area contributed by atoms with Gasteiger partial charge >= 0.3 is 19.8 Å². The van der Waals surface area contributed by atoms with Crippen LogP contribution in [-0.4, -0.2) is 74.9 Å². The molecule has 0 heterocycles. The van der Waals surface area contributed by atoms with Gasteiger partial charge in [-0.15, -0.1) is 0 Å². The third-order valence-electron chi connectivity index (χ3n) is 8.60. The summed E-state index contributed by atoms with van der Waals surface area (Å²) < 4.78 is 34.2. The monoisotopic (exact) mass is 831 g/mol. The number of hydrogen-bond donors (Lipinski definition) is 1. The van der Waals surface area contributed by atoms with Crippen molar-refractivity contribution in [3.05, 3.63) is 97.2 Å². The van der Waals surface area contributed by atoms with Crippen molar-refractivity contribution in [3.63, 3.8) is 0 Å². The minimum atomic E-state index is -4.40.